The molecule has 0 aromatic heterocycles. The number of nitrogens with zero attached hydrogens (tertiary/aromatic N) is 3. The van der Waals surface area contributed by atoms with Gasteiger partial charge >= 0.3 is 0 Å². The summed E-state index contributed by atoms with van der Waals surface area (Å²) in [6.07, 6.45) is 5.88. The number of ether oxygens (including phenoxy) is 1. The van der Waals surface area contributed by atoms with Crippen molar-refractivity contribution in [2.45, 2.75) is 63.6 Å². The molecule has 1 aliphatic carbocycles. The fourth-order valence-electron chi connectivity index (χ4n) is 5.16. The zero-order valence-electron chi connectivity index (χ0n) is 19.4. The third kappa shape index (κ3) is 6.05. The molecule has 0 amide bonds. The number of nitrogens with one attached hydrogen (secondary N) is 2. The lowest BCUT2D eigenvalue weighted by Crippen LogP contribution is -2.49. The average molecular weight is 542 g/mol. The maximum absolute atomic E-state index is 6.53. The van der Waals surface area contributed by atoms with Crippen LogP contribution in [0, 0.1) is 0 Å². The van der Waals surface area contributed by atoms with Crippen LogP contribution in [0.2, 0.25) is 0 Å². The summed E-state index contributed by atoms with van der Waals surface area (Å²) >= 11 is 0. The van der Waals surface area contributed by atoms with Crippen molar-refractivity contribution < 1.29 is 4.74 Å². The van der Waals surface area contributed by atoms with E-state index in [0.29, 0.717) is 6.04 Å². The molecule has 3 aliphatic rings. The standard InChI is InChI=1S/C24H39N5O.HI/c1-4-25-23(26-18-19(2)29-15-13-28(3)14-16-29)27-21-17-24(11-7-8-12-24)30-22-10-6-5-9-20(21)22;/h5-6,9-10,19,21H,4,7-8,11-18H2,1-3H3,(H2,25,26,27);1H. The predicted octanol–water partition coefficient (Wildman–Crippen LogP) is 3.63. The molecule has 174 valence electrons. The van der Waals surface area contributed by atoms with Crippen molar-refractivity contribution in [3.63, 3.8) is 0 Å². The van der Waals surface area contributed by atoms with Gasteiger partial charge in [0.1, 0.15) is 11.4 Å². The van der Waals surface area contributed by atoms with Crippen LogP contribution >= 0.6 is 24.0 Å². The summed E-state index contributed by atoms with van der Waals surface area (Å²) in [5, 5.41) is 7.24. The number of hydrogen-bond donors (Lipinski definition) is 2. The lowest BCUT2D eigenvalue weighted by atomic mass is 9.86. The van der Waals surface area contributed by atoms with Crippen LogP contribution in [-0.2, 0) is 0 Å². The molecule has 1 aromatic carbocycles. The number of para-hydroxylation sites is 1. The summed E-state index contributed by atoms with van der Waals surface area (Å²) < 4.78 is 6.53. The fourth-order valence-corrected chi connectivity index (χ4v) is 5.16. The van der Waals surface area contributed by atoms with Gasteiger partial charge in [0.25, 0.3) is 0 Å². The van der Waals surface area contributed by atoms with Crippen molar-refractivity contribution in [1.29, 1.82) is 0 Å². The normalized spacial score (nSPS) is 24.7. The molecule has 0 radical (unpaired) electrons. The quantitative estimate of drug-likeness (QED) is 0.339. The highest BCUT2D eigenvalue weighted by Crippen LogP contribution is 2.46. The van der Waals surface area contributed by atoms with Crippen LogP contribution in [0.4, 0.5) is 0 Å². The second-order valence-electron chi connectivity index (χ2n) is 9.34. The average Bonchev–Trinajstić information content (AvgIpc) is 3.19. The molecular formula is C24H40IN5O. The van der Waals surface area contributed by atoms with Crippen molar-refractivity contribution >= 4 is 29.9 Å². The first kappa shape index (κ1) is 24.6. The monoisotopic (exact) mass is 541 g/mol. The van der Waals surface area contributed by atoms with Crippen LogP contribution in [0.3, 0.4) is 0 Å². The molecule has 2 aliphatic heterocycles. The highest BCUT2D eigenvalue weighted by Gasteiger charge is 2.43. The lowest BCUT2D eigenvalue weighted by Gasteiger charge is -2.40. The van der Waals surface area contributed by atoms with Gasteiger partial charge in [-0.25, -0.2) is 0 Å². The fraction of sp³-hybridized carbons (Fsp3) is 0.708. The van der Waals surface area contributed by atoms with E-state index in [2.05, 4.69) is 65.6 Å². The first-order valence-corrected chi connectivity index (χ1v) is 11.8. The van der Waals surface area contributed by atoms with Gasteiger partial charge in [-0.15, -0.1) is 24.0 Å². The molecule has 2 heterocycles. The molecule has 1 saturated heterocycles. The summed E-state index contributed by atoms with van der Waals surface area (Å²) in [7, 11) is 2.20. The molecule has 6 nitrogen and oxygen atoms in total. The second kappa shape index (κ2) is 11.2. The van der Waals surface area contributed by atoms with E-state index in [4.69, 9.17) is 9.73 Å². The van der Waals surface area contributed by atoms with Gasteiger partial charge in [0.2, 0.25) is 0 Å². The van der Waals surface area contributed by atoms with E-state index in [-0.39, 0.29) is 35.6 Å². The van der Waals surface area contributed by atoms with Gasteiger partial charge in [-0.05, 0) is 52.6 Å². The number of guanidine groups is 1. The Hall–Kier alpha value is -1.06. The van der Waals surface area contributed by atoms with Crippen molar-refractivity contribution in [3.05, 3.63) is 29.8 Å². The van der Waals surface area contributed by atoms with Gasteiger partial charge in [-0.3, -0.25) is 9.89 Å². The molecule has 31 heavy (non-hydrogen) atoms. The Labute approximate surface area is 205 Å². The van der Waals surface area contributed by atoms with E-state index in [0.717, 1.165) is 70.2 Å². The SMILES string of the molecule is CCNC(=NCC(C)N1CCN(C)CC1)NC1CC2(CCCC2)Oc2ccccc21.I. The smallest absolute Gasteiger partial charge is 0.191 e. The third-order valence-corrected chi connectivity index (χ3v) is 7.04. The Bertz CT molecular complexity index is 728. The predicted molar refractivity (Wildman–Crippen MR) is 139 cm³/mol. The summed E-state index contributed by atoms with van der Waals surface area (Å²) in [5.41, 5.74) is 1.25. The summed E-state index contributed by atoms with van der Waals surface area (Å²) in [4.78, 5) is 9.95. The molecular weight excluding hydrogens is 501 g/mol. The number of rotatable bonds is 5. The van der Waals surface area contributed by atoms with E-state index in [1.54, 1.807) is 0 Å². The van der Waals surface area contributed by atoms with Gasteiger partial charge in [-0.1, -0.05) is 18.2 Å². The minimum absolute atomic E-state index is 0. The largest absolute Gasteiger partial charge is 0.487 e. The lowest BCUT2D eigenvalue weighted by molar-refractivity contribution is 0.0396. The number of likely N-dealkylation sites (N-methyl/N-ethyl adjacent to an activating group) is 1. The highest BCUT2D eigenvalue weighted by atomic mass is 127. The molecule has 2 fully saturated rings. The highest BCUT2D eigenvalue weighted by molar-refractivity contribution is 14.0. The van der Waals surface area contributed by atoms with Crippen LogP contribution in [0.1, 0.15) is 57.6 Å². The topological polar surface area (TPSA) is 52.1 Å². The molecule has 0 bridgehead atoms. The Balaban J connectivity index is 0.00000272. The Kier molecular flexibility index (Phi) is 8.87. The van der Waals surface area contributed by atoms with Crippen molar-refractivity contribution in [3.8, 4) is 5.75 Å². The van der Waals surface area contributed by atoms with E-state index in [9.17, 15) is 0 Å². The number of piperazine rings is 1. The molecule has 1 aromatic rings. The number of hydrogen-bond acceptors (Lipinski definition) is 4. The van der Waals surface area contributed by atoms with Crippen LogP contribution in [0.5, 0.6) is 5.75 Å². The van der Waals surface area contributed by atoms with E-state index >= 15 is 0 Å². The Morgan fingerprint density at radius 3 is 2.61 bits per heavy atom. The number of halogens is 1. The number of aliphatic imine (C=N–C) groups is 1. The number of benzene rings is 1. The summed E-state index contributed by atoms with van der Waals surface area (Å²) in [6.45, 7) is 10.7. The van der Waals surface area contributed by atoms with E-state index in [1.807, 2.05) is 0 Å². The molecule has 7 heteroatoms. The first-order chi connectivity index (χ1) is 14.6. The Morgan fingerprint density at radius 2 is 1.90 bits per heavy atom. The van der Waals surface area contributed by atoms with Crippen molar-refractivity contribution in [2.24, 2.45) is 4.99 Å². The maximum Gasteiger partial charge on any atom is 0.191 e. The van der Waals surface area contributed by atoms with Crippen LogP contribution in [0.15, 0.2) is 29.3 Å². The zero-order chi connectivity index (χ0) is 21.0. The molecule has 1 saturated carbocycles. The molecule has 2 atom stereocenters. The third-order valence-electron chi connectivity index (χ3n) is 7.04. The van der Waals surface area contributed by atoms with Gasteiger partial charge in [0.05, 0.1) is 12.6 Å². The minimum Gasteiger partial charge on any atom is -0.487 e. The van der Waals surface area contributed by atoms with Gasteiger partial charge in [0.15, 0.2) is 5.96 Å². The van der Waals surface area contributed by atoms with Crippen molar-refractivity contribution in [2.75, 3.05) is 46.3 Å². The first-order valence-electron chi connectivity index (χ1n) is 11.8. The van der Waals surface area contributed by atoms with Crippen LogP contribution in [0.25, 0.3) is 0 Å². The molecule has 1 spiro atoms. The van der Waals surface area contributed by atoms with Crippen LogP contribution < -0.4 is 15.4 Å². The summed E-state index contributed by atoms with van der Waals surface area (Å²) in [5.74, 6) is 1.97. The van der Waals surface area contributed by atoms with Crippen molar-refractivity contribution in [1.82, 2.24) is 20.4 Å². The molecule has 2 unspecified atom stereocenters. The molecule has 2 N–H and O–H groups in total. The number of fused-ring (bicyclic) bond motifs is 1. The Morgan fingerprint density at radius 1 is 1.19 bits per heavy atom. The van der Waals surface area contributed by atoms with Gasteiger partial charge in [0, 0.05) is 50.7 Å². The van der Waals surface area contributed by atoms with E-state index in [1.165, 1.54) is 18.4 Å². The second-order valence-corrected chi connectivity index (χ2v) is 9.34. The maximum atomic E-state index is 6.53. The minimum atomic E-state index is -0.00351. The van der Waals surface area contributed by atoms with Gasteiger partial charge in [-0.2, -0.15) is 0 Å². The van der Waals surface area contributed by atoms with Crippen LogP contribution in [-0.4, -0.2) is 73.7 Å². The molecule has 4 rings (SSSR count). The van der Waals surface area contributed by atoms with E-state index < -0.39 is 0 Å². The van der Waals surface area contributed by atoms with Gasteiger partial charge < -0.3 is 20.3 Å². The summed E-state index contributed by atoms with van der Waals surface area (Å²) in [6, 6.07) is 9.22. The zero-order valence-corrected chi connectivity index (χ0v) is 21.7.